The molecule has 0 atom stereocenters. The summed E-state index contributed by atoms with van der Waals surface area (Å²) in [7, 11) is 0. The lowest BCUT2D eigenvalue weighted by molar-refractivity contribution is 0.174. The smallest absolute Gasteiger partial charge is 0.231 e. The Morgan fingerprint density at radius 3 is 2.68 bits per heavy atom. The van der Waals surface area contributed by atoms with E-state index in [0.29, 0.717) is 16.6 Å². The molecule has 8 heteroatoms. The Morgan fingerprint density at radius 1 is 1.00 bits per heavy atom. The average Bonchev–Trinajstić information content (AvgIpc) is 3.27. The van der Waals surface area contributed by atoms with Gasteiger partial charge in [0.25, 0.3) is 0 Å². The second-order valence-electron chi connectivity index (χ2n) is 5.48. The van der Waals surface area contributed by atoms with Crippen LogP contribution in [0.3, 0.4) is 0 Å². The summed E-state index contributed by atoms with van der Waals surface area (Å²) in [6.45, 7) is 0.244. The molecule has 0 saturated heterocycles. The largest absolute Gasteiger partial charge is 0.454 e. The number of aromatic nitrogens is 3. The van der Waals surface area contributed by atoms with Crippen LogP contribution < -0.4 is 14.9 Å². The van der Waals surface area contributed by atoms with Gasteiger partial charge in [-0.3, -0.25) is 5.43 Å². The number of rotatable bonds is 2. The summed E-state index contributed by atoms with van der Waals surface area (Å²) < 4.78 is 12.7. The molecule has 3 aromatic rings. The Hall–Kier alpha value is -2.64. The summed E-state index contributed by atoms with van der Waals surface area (Å²) in [5.41, 5.74) is 6.25. The number of hydrogen-bond acceptors (Lipinski definition) is 6. The summed E-state index contributed by atoms with van der Waals surface area (Å²) >= 11 is 7.49. The Morgan fingerprint density at radius 2 is 1.80 bits per heavy atom. The topological polar surface area (TPSA) is 61.2 Å². The molecule has 0 bridgehead atoms. The molecule has 5 rings (SSSR count). The van der Waals surface area contributed by atoms with Crippen molar-refractivity contribution in [3.05, 3.63) is 58.5 Å². The summed E-state index contributed by atoms with van der Waals surface area (Å²) in [4.78, 5) is 0. The van der Waals surface area contributed by atoms with Crippen LogP contribution in [0.5, 0.6) is 11.5 Å². The van der Waals surface area contributed by atoms with E-state index in [-0.39, 0.29) is 6.79 Å². The van der Waals surface area contributed by atoms with Crippen LogP contribution in [0.15, 0.2) is 53.0 Å². The lowest BCUT2D eigenvalue weighted by Crippen LogP contribution is -2.18. The van der Waals surface area contributed by atoms with Gasteiger partial charge in [-0.25, -0.2) is 4.68 Å². The zero-order valence-corrected chi connectivity index (χ0v) is 14.3. The lowest BCUT2D eigenvalue weighted by Gasteiger charge is -2.19. The summed E-state index contributed by atoms with van der Waals surface area (Å²) in [6, 6.07) is 13.4. The first-order valence-electron chi connectivity index (χ1n) is 7.53. The first-order chi connectivity index (χ1) is 12.3. The standard InChI is InChI=1S/C17H11ClN4O2S/c18-12-4-1-10(2-5-12)13-8-25-17-20-19-16(22(17)21-13)11-3-6-14-15(7-11)24-9-23-14/h1-8,21H,9H2. The second-order valence-corrected chi connectivity index (χ2v) is 6.75. The van der Waals surface area contributed by atoms with E-state index >= 15 is 0 Å². The first-order valence-corrected chi connectivity index (χ1v) is 8.79. The maximum absolute atomic E-state index is 5.97. The normalized spacial score (nSPS) is 14.7. The van der Waals surface area contributed by atoms with E-state index in [0.717, 1.165) is 27.7 Å². The van der Waals surface area contributed by atoms with Gasteiger partial charge in [0.2, 0.25) is 11.9 Å². The third-order valence-corrected chi connectivity index (χ3v) is 5.01. The van der Waals surface area contributed by atoms with Gasteiger partial charge >= 0.3 is 0 Å². The summed E-state index contributed by atoms with van der Waals surface area (Å²) in [5, 5.41) is 12.0. The van der Waals surface area contributed by atoms with Gasteiger partial charge in [-0.15, -0.1) is 10.2 Å². The van der Waals surface area contributed by atoms with Gasteiger partial charge in [-0.05, 0) is 30.3 Å². The molecule has 0 fully saturated rings. The van der Waals surface area contributed by atoms with Crippen LogP contribution in [0.1, 0.15) is 5.56 Å². The molecule has 0 spiro atoms. The maximum atomic E-state index is 5.97. The number of ether oxygens (including phenoxy) is 2. The Balaban J connectivity index is 1.51. The molecular formula is C17H11ClN4O2S. The lowest BCUT2D eigenvalue weighted by atomic mass is 10.2. The maximum Gasteiger partial charge on any atom is 0.231 e. The van der Waals surface area contributed by atoms with Crippen molar-refractivity contribution in [2.45, 2.75) is 5.16 Å². The van der Waals surface area contributed by atoms with Gasteiger partial charge in [0, 0.05) is 21.6 Å². The zero-order valence-electron chi connectivity index (χ0n) is 12.8. The van der Waals surface area contributed by atoms with E-state index in [2.05, 4.69) is 15.6 Å². The fraction of sp³-hybridized carbons (Fsp3) is 0.0588. The minimum Gasteiger partial charge on any atom is -0.454 e. The highest BCUT2D eigenvalue weighted by Gasteiger charge is 2.21. The van der Waals surface area contributed by atoms with E-state index in [4.69, 9.17) is 21.1 Å². The Bertz CT molecular complexity index is 1000. The molecule has 0 aliphatic carbocycles. The zero-order chi connectivity index (χ0) is 16.8. The molecule has 0 amide bonds. The van der Waals surface area contributed by atoms with Gasteiger partial charge in [0.15, 0.2) is 17.3 Å². The van der Waals surface area contributed by atoms with Crippen LogP contribution >= 0.6 is 23.4 Å². The predicted molar refractivity (Wildman–Crippen MR) is 96.2 cm³/mol. The van der Waals surface area contributed by atoms with Crippen molar-refractivity contribution in [3.8, 4) is 22.9 Å². The SMILES string of the molecule is Clc1ccc(C2=CSc3nnc(-c4ccc5c(c4)OCO5)n3N2)cc1. The molecule has 124 valence electrons. The van der Waals surface area contributed by atoms with Gasteiger partial charge in [0.1, 0.15) is 0 Å². The van der Waals surface area contributed by atoms with E-state index in [1.165, 1.54) is 11.8 Å². The van der Waals surface area contributed by atoms with Crippen LogP contribution in [0.25, 0.3) is 17.1 Å². The van der Waals surface area contributed by atoms with Crippen LogP contribution in [0, 0.1) is 0 Å². The summed E-state index contributed by atoms with van der Waals surface area (Å²) in [6.07, 6.45) is 0. The average molecular weight is 371 g/mol. The van der Waals surface area contributed by atoms with Crippen molar-refractivity contribution in [2.24, 2.45) is 0 Å². The molecule has 0 unspecified atom stereocenters. The monoisotopic (exact) mass is 370 g/mol. The van der Waals surface area contributed by atoms with Crippen LogP contribution in [-0.2, 0) is 0 Å². The van der Waals surface area contributed by atoms with Crippen LogP contribution in [-0.4, -0.2) is 21.7 Å². The molecule has 1 N–H and O–H groups in total. The molecule has 2 aliphatic rings. The highest BCUT2D eigenvalue weighted by atomic mass is 35.5. The predicted octanol–water partition coefficient (Wildman–Crippen LogP) is 3.98. The quantitative estimate of drug-likeness (QED) is 0.736. The molecule has 2 aliphatic heterocycles. The minimum absolute atomic E-state index is 0.244. The van der Waals surface area contributed by atoms with Gasteiger partial charge in [-0.2, -0.15) is 0 Å². The van der Waals surface area contributed by atoms with Crippen molar-refractivity contribution in [1.82, 2.24) is 14.9 Å². The van der Waals surface area contributed by atoms with Crippen LogP contribution in [0.4, 0.5) is 0 Å². The third-order valence-electron chi connectivity index (χ3n) is 3.93. The van der Waals surface area contributed by atoms with Gasteiger partial charge in [0.05, 0.1) is 5.70 Å². The Kier molecular flexibility index (Phi) is 3.36. The molecule has 0 radical (unpaired) electrons. The van der Waals surface area contributed by atoms with Crippen molar-refractivity contribution in [3.63, 3.8) is 0 Å². The number of nitrogens with one attached hydrogen (secondary N) is 1. The molecule has 0 saturated carbocycles. The van der Waals surface area contributed by atoms with Gasteiger partial charge in [-0.1, -0.05) is 35.5 Å². The fourth-order valence-electron chi connectivity index (χ4n) is 2.69. The first kappa shape index (κ1) is 14.7. The molecule has 6 nitrogen and oxygen atoms in total. The Labute approximate surface area is 152 Å². The number of halogens is 1. The van der Waals surface area contributed by atoms with Crippen molar-refractivity contribution >= 4 is 29.1 Å². The number of benzene rings is 2. The van der Waals surface area contributed by atoms with Crippen molar-refractivity contribution in [1.29, 1.82) is 0 Å². The molecule has 1 aromatic heterocycles. The van der Waals surface area contributed by atoms with E-state index in [9.17, 15) is 0 Å². The van der Waals surface area contributed by atoms with Crippen LogP contribution in [0.2, 0.25) is 5.02 Å². The van der Waals surface area contributed by atoms with Gasteiger partial charge < -0.3 is 9.47 Å². The van der Waals surface area contributed by atoms with Crippen molar-refractivity contribution in [2.75, 3.05) is 12.2 Å². The number of fused-ring (bicyclic) bond motifs is 2. The van der Waals surface area contributed by atoms with E-state index in [1.807, 2.05) is 52.5 Å². The highest BCUT2D eigenvalue weighted by molar-refractivity contribution is 8.02. The van der Waals surface area contributed by atoms with E-state index in [1.54, 1.807) is 0 Å². The highest BCUT2D eigenvalue weighted by Crippen LogP contribution is 2.37. The summed E-state index contributed by atoms with van der Waals surface area (Å²) in [5.74, 6) is 2.17. The molecule has 25 heavy (non-hydrogen) atoms. The van der Waals surface area contributed by atoms with E-state index < -0.39 is 0 Å². The minimum atomic E-state index is 0.244. The van der Waals surface area contributed by atoms with Crippen molar-refractivity contribution < 1.29 is 9.47 Å². The number of thioether (sulfide) groups is 1. The number of nitrogens with zero attached hydrogens (tertiary/aromatic N) is 3. The molecular weight excluding hydrogens is 360 g/mol. The molecule has 3 heterocycles. The molecule has 2 aromatic carbocycles. The second kappa shape index (κ2) is 5.72. The fourth-order valence-corrected chi connectivity index (χ4v) is 3.55. The number of hydrogen-bond donors (Lipinski definition) is 1. The third kappa shape index (κ3) is 2.52.